The minimum absolute atomic E-state index is 0.321. The summed E-state index contributed by atoms with van der Waals surface area (Å²) in [5.41, 5.74) is 5.99. The fraction of sp³-hybridized carbons (Fsp3) is 0.133. The lowest BCUT2D eigenvalue weighted by atomic mass is 10.1. The van der Waals surface area contributed by atoms with Crippen molar-refractivity contribution < 1.29 is 18.0 Å². The van der Waals surface area contributed by atoms with Gasteiger partial charge in [-0.05, 0) is 36.8 Å². The fourth-order valence-electron chi connectivity index (χ4n) is 1.89. The van der Waals surface area contributed by atoms with Crippen molar-refractivity contribution in [3.8, 4) is 0 Å². The summed E-state index contributed by atoms with van der Waals surface area (Å²) in [5, 5.41) is 4.62. The summed E-state index contributed by atoms with van der Waals surface area (Å²) >= 11 is 0. The molecular weight excluding hydrogens is 295 g/mol. The number of benzene rings is 2. The number of carbonyl (C=O) groups is 1. The molecule has 0 aromatic heterocycles. The second kappa shape index (κ2) is 5.97. The monoisotopic (exact) mass is 309 g/mol. The quantitative estimate of drug-likeness (QED) is 0.726. The molecule has 0 saturated heterocycles. The molecule has 0 saturated carbocycles. The number of para-hydroxylation sites is 1. The number of amides is 2. The van der Waals surface area contributed by atoms with Crippen molar-refractivity contribution in [3.05, 3.63) is 53.6 Å². The smallest absolute Gasteiger partial charge is 0.397 e. The maximum Gasteiger partial charge on any atom is 0.418 e. The highest BCUT2D eigenvalue weighted by Crippen LogP contribution is 2.34. The van der Waals surface area contributed by atoms with E-state index in [-0.39, 0.29) is 5.69 Å². The van der Waals surface area contributed by atoms with Crippen molar-refractivity contribution in [2.45, 2.75) is 13.1 Å². The van der Waals surface area contributed by atoms with Gasteiger partial charge in [0.05, 0.1) is 22.6 Å². The molecule has 0 fully saturated rings. The standard InChI is InChI=1S/C15H14F3N3O/c1-9-6-7-11(19)13(8-9)21-14(22)20-12-5-3-2-4-10(12)15(16,17)18/h2-8H,19H2,1H3,(H2,20,21,22). The number of nitrogens with one attached hydrogen (secondary N) is 2. The first-order valence-electron chi connectivity index (χ1n) is 6.38. The molecule has 22 heavy (non-hydrogen) atoms. The van der Waals surface area contributed by atoms with E-state index < -0.39 is 17.8 Å². The summed E-state index contributed by atoms with van der Waals surface area (Å²) in [6.07, 6.45) is -4.55. The third-order valence-corrected chi connectivity index (χ3v) is 2.94. The van der Waals surface area contributed by atoms with Gasteiger partial charge in [0.15, 0.2) is 0 Å². The van der Waals surface area contributed by atoms with Crippen LogP contribution in [0, 0.1) is 6.92 Å². The molecule has 0 atom stereocenters. The number of aryl methyl sites for hydroxylation is 1. The predicted molar refractivity (Wildman–Crippen MR) is 79.7 cm³/mol. The predicted octanol–water partition coefficient (Wildman–Crippen LogP) is 4.24. The summed E-state index contributed by atoms with van der Waals surface area (Å²) in [5.74, 6) is 0. The van der Waals surface area contributed by atoms with Gasteiger partial charge in [-0.1, -0.05) is 18.2 Å². The molecule has 2 aromatic rings. The van der Waals surface area contributed by atoms with Gasteiger partial charge in [-0.15, -0.1) is 0 Å². The Morgan fingerprint density at radius 1 is 1.05 bits per heavy atom. The number of nitrogen functional groups attached to an aromatic ring is 1. The van der Waals surface area contributed by atoms with Crippen LogP contribution < -0.4 is 16.4 Å². The third kappa shape index (κ3) is 3.69. The van der Waals surface area contributed by atoms with Gasteiger partial charge >= 0.3 is 12.2 Å². The van der Waals surface area contributed by atoms with E-state index in [4.69, 9.17) is 5.73 Å². The zero-order chi connectivity index (χ0) is 16.3. The fourth-order valence-corrected chi connectivity index (χ4v) is 1.89. The lowest BCUT2D eigenvalue weighted by Crippen LogP contribution is -2.22. The summed E-state index contributed by atoms with van der Waals surface area (Å²) in [4.78, 5) is 11.9. The van der Waals surface area contributed by atoms with Crippen LogP contribution >= 0.6 is 0 Å². The molecule has 0 aliphatic heterocycles. The first-order valence-corrected chi connectivity index (χ1v) is 6.38. The Balaban J connectivity index is 2.18. The molecule has 0 spiro atoms. The van der Waals surface area contributed by atoms with Crippen molar-refractivity contribution in [1.82, 2.24) is 0 Å². The zero-order valence-corrected chi connectivity index (χ0v) is 11.7. The minimum Gasteiger partial charge on any atom is -0.397 e. The number of urea groups is 1. The lowest BCUT2D eigenvalue weighted by Gasteiger charge is -2.14. The van der Waals surface area contributed by atoms with E-state index in [9.17, 15) is 18.0 Å². The number of rotatable bonds is 2. The molecular formula is C15H14F3N3O. The maximum atomic E-state index is 12.9. The van der Waals surface area contributed by atoms with Crippen molar-refractivity contribution in [2.75, 3.05) is 16.4 Å². The molecule has 0 bridgehead atoms. The highest BCUT2D eigenvalue weighted by atomic mass is 19.4. The van der Waals surface area contributed by atoms with Gasteiger partial charge in [0, 0.05) is 0 Å². The Hall–Kier alpha value is -2.70. The topological polar surface area (TPSA) is 67.1 Å². The van der Waals surface area contributed by atoms with E-state index in [0.29, 0.717) is 11.4 Å². The van der Waals surface area contributed by atoms with Crippen LogP contribution in [-0.2, 0) is 6.18 Å². The summed E-state index contributed by atoms with van der Waals surface area (Å²) in [6.45, 7) is 1.81. The van der Waals surface area contributed by atoms with Gasteiger partial charge in [-0.3, -0.25) is 0 Å². The second-order valence-electron chi connectivity index (χ2n) is 4.71. The van der Waals surface area contributed by atoms with Gasteiger partial charge in [-0.2, -0.15) is 13.2 Å². The van der Waals surface area contributed by atoms with Crippen LogP contribution in [0.5, 0.6) is 0 Å². The Kier molecular flexibility index (Phi) is 4.25. The molecule has 116 valence electrons. The number of anilines is 3. The van der Waals surface area contributed by atoms with Gasteiger partial charge in [0.2, 0.25) is 0 Å². The zero-order valence-electron chi connectivity index (χ0n) is 11.7. The number of carbonyl (C=O) groups excluding carboxylic acids is 1. The Morgan fingerprint density at radius 2 is 1.68 bits per heavy atom. The van der Waals surface area contributed by atoms with Crippen LogP contribution in [0.25, 0.3) is 0 Å². The molecule has 0 aliphatic carbocycles. The number of hydrogen-bond donors (Lipinski definition) is 3. The molecule has 2 amide bonds. The average Bonchev–Trinajstić information content (AvgIpc) is 2.42. The SMILES string of the molecule is Cc1ccc(N)c(NC(=O)Nc2ccccc2C(F)(F)F)c1. The number of hydrogen-bond acceptors (Lipinski definition) is 2. The van der Waals surface area contributed by atoms with E-state index >= 15 is 0 Å². The average molecular weight is 309 g/mol. The van der Waals surface area contributed by atoms with Gasteiger partial charge in [0.25, 0.3) is 0 Å². The lowest BCUT2D eigenvalue weighted by molar-refractivity contribution is -0.136. The van der Waals surface area contributed by atoms with Crippen molar-refractivity contribution in [1.29, 1.82) is 0 Å². The Morgan fingerprint density at radius 3 is 2.36 bits per heavy atom. The largest absolute Gasteiger partial charge is 0.418 e. The second-order valence-corrected chi connectivity index (χ2v) is 4.71. The minimum atomic E-state index is -4.55. The van der Waals surface area contributed by atoms with E-state index in [2.05, 4.69) is 10.6 Å². The molecule has 0 aliphatic rings. The van der Waals surface area contributed by atoms with E-state index in [1.54, 1.807) is 18.2 Å². The van der Waals surface area contributed by atoms with Gasteiger partial charge < -0.3 is 16.4 Å². The highest BCUT2D eigenvalue weighted by Gasteiger charge is 2.33. The molecule has 0 heterocycles. The van der Waals surface area contributed by atoms with Crippen LogP contribution in [0.2, 0.25) is 0 Å². The first kappa shape index (κ1) is 15.7. The Labute approximate surface area is 125 Å². The van der Waals surface area contributed by atoms with Crippen molar-refractivity contribution in [2.24, 2.45) is 0 Å². The van der Waals surface area contributed by atoms with Crippen molar-refractivity contribution >= 4 is 23.1 Å². The first-order chi connectivity index (χ1) is 10.3. The summed E-state index contributed by atoms with van der Waals surface area (Å²) in [7, 11) is 0. The van der Waals surface area contributed by atoms with Crippen LogP contribution in [0.4, 0.5) is 35.0 Å². The van der Waals surface area contributed by atoms with Crippen LogP contribution in [0.1, 0.15) is 11.1 Å². The molecule has 0 unspecified atom stereocenters. The van der Waals surface area contributed by atoms with Gasteiger partial charge in [-0.25, -0.2) is 4.79 Å². The summed E-state index contributed by atoms with van der Waals surface area (Å²) in [6, 6.07) is 8.94. The van der Waals surface area contributed by atoms with Crippen molar-refractivity contribution in [3.63, 3.8) is 0 Å². The molecule has 4 nitrogen and oxygen atoms in total. The van der Waals surface area contributed by atoms with E-state index in [1.807, 2.05) is 6.92 Å². The number of halogens is 3. The molecule has 2 rings (SSSR count). The third-order valence-electron chi connectivity index (χ3n) is 2.94. The number of alkyl halides is 3. The van der Waals surface area contributed by atoms with E-state index in [1.165, 1.54) is 18.2 Å². The number of nitrogens with two attached hydrogens (primary N) is 1. The van der Waals surface area contributed by atoms with Crippen LogP contribution in [-0.4, -0.2) is 6.03 Å². The van der Waals surface area contributed by atoms with Gasteiger partial charge in [0.1, 0.15) is 0 Å². The molecule has 4 N–H and O–H groups in total. The molecule has 2 aromatic carbocycles. The highest BCUT2D eigenvalue weighted by molar-refractivity contribution is 6.02. The molecule has 7 heteroatoms. The van der Waals surface area contributed by atoms with Crippen LogP contribution in [0.15, 0.2) is 42.5 Å². The maximum absolute atomic E-state index is 12.9. The van der Waals surface area contributed by atoms with Crippen LogP contribution in [0.3, 0.4) is 0 Å². The molecule has 0 radical (unpaired) electrons. The summed E-state index contributed by atoms with van der Waals surface area (Å²) < 4.78 is 38.6. The normalized spacial score (nSPS) is 11.1. The Bertz CT molecular complexity index is 699. The van der Waals surface area contributed by atoms with E-state index in [0.717, 1.165) is 11.6 Å².